The molecule has 1 atom stereocenters. The van der Waals surface area contributed by atoms with Crippen molar-refractivity contribution in [3.05, 3.63) is 69.4 Å². The Morgan fingerprint density at radius 1 is 1.00 bits per heavy atom. The van der Waals surface area contributed by atoms with Gasteiger partial charge in [0.05, 0.1) is 16.9 Å². The third-order valence-corrected chi connectivity index (χ3v) is 7.57. The van der Waals surface area contributed by atoms with Crippen LogP contribution in [0.3, 0.4) is 0 Å². The molecule has 3 rings (SSSR count). The van der Waals surface area contributed by atoms with E-state index >= 15 is 0 Å². The average molecular weight is 416 g/mol. The van der Waals surface area contributed by atoms with E-state index in [9.17, 15) is 8.42 Å². The van der Waals surface area contributed by atoms with E-state index in [4.69, 9.17) is 4.42 Å². The van der Waals surface area contributed by atoms with Gasteiger partial charge in [0.2, 0.25) is 10.0 Å². The second-order valence-corrected chi connectivity index (χ2v) is 9.41. The molecular weight excluding hydrogens is 386 g/mol. The van der Waals surface area contributed by atoms with Crippen LogP contribution in [0.1, 0.15) is 51.0 Å². The monoisotopic (exact) mass is 415 g/mol. The Bertz CT molecular complexity index is 1110. The average Bonchev–Trinajstić information content (AvgIpc) is 3.28. The van der Waals surface area contributed by atoms with Crippen LogP contribution in [0.2, 0.25) is 0 Å². The van der Waals surface area contributed by atoms with Crippen molar-refractivity contribution in [2.24, 2.45) is 0 Å². The van der Waals surface area contributed by atoms with Gasteiger partial charge in [-0.3, -0.25) is 4.68 Å². The first-order valence-corrected chi connectivity index (χ1v) is 11.2. The van der Waals surface area contributed by atoms with E-state index in [1.807, 2.05) is 65.3 Å². The summed E-state index contributed by atoms with van der Waals surface area (Å²) in [6, 6.07) is 5.22. The maximum atomic E-state index is 13.3. The highest BCUT2D eigenvalue weighted by Gasteiger charge is 2.27. The first kappa shape index (κ1) is 21.3. The van der Waals surface area contributed by atoms with Gasteiger partial charge in [0, 0.05) is 12.2 Å². The summed E-state index contributed by atoms with van der Waals surface area (Å²) < 4.78 is 36.8. The normalized spacial score (nSPS) is 13.1. The van der Waals surface area contributed by atoms with E-state index in [1.54, 1.807) is 12.3 Å². The van der Waals surface area contributed by atoms with E-state index in [-0.39, 0.29) is 12.6 Å². The van der Waals surface area contributed by atoms with Crippen molar-refractivity contribution in [1.29, 1.82) is 0 Å². The summed E-state index contributed by atoms with van der Waals surface area (Å²) in [6.07, 6.45) is 1.59. The minimum atomic E-state index is -3.72. The van der Waals surface area contributed by atoms with Gasteiger partial charge in [0.25, 0.3) is 0 Å². The molecule has 29 heavy (non-hydrogen) atoms. The van der Waals surface area contributed by atoms with Crippen LogP contribution in [-0.2, 0) is 10.0 Å². The smallest absolute Gasteiger partial charge is 0.241 e. The van der Waals surface area contributed by atoms with Crippen molar-refractivity contribution in [3.63, 3.8) is 0 Å². The minimum Gasteiger partial charge on any atom is -0.467 e. The minimum absolute atomic E-state index is 0.142. The molecule has 1 aromatic carbocycles. The van der Waals surface area contributed by atoms with Gasteiger partial charge in [-0.25, -0.2) is 13.1 Å². The number of aromatic nitrogens is 2. The van der Waals surface area contributed by atoms with E-state index in [0.29, 0.717) is 10.7 Å². The first-order chi connectivity index (χ1) is 13.5. The molecule has 2 heterocycles. The van der Waals surface area contributed by atoms with Gasteiger partial charge in [-0.1, -0.05) is 0 Å². The molecule has 0 spiro atoms. The summed E-state index contributed by atoms with van der Waals surface area (Å²) >= 11 is 0. The molecule has 0 aliphatic rings. The van der Waals surface area contributed by atoms with Crippen LogP contribution in [0.5, 0.6) is 0 Å². The summed E-state index contributed by atoms with van der Waals surface area (Å²) in [5.74, 6) is 0.656. The fourth-order valence-corrected chi connectivity index (χ4v) is 5.51. The molecular formula is C22H29N3O3S. The van der Waals surface area contributed by atoms with Gasteiger partial charge in [-0.05, 0) is 94.5 Å². The highest BCUT2D eigenvalue weighted by Crippen LogP contribution is 2.30. The number of furan rings is 1. The predicted molar refractivity (Wildman–Crippen MR) is 114 cm³/mol. The van der Waals surface area contributed by atoms with E-state index in [2.05, 4.69) is 9.82 Å². The zero-order valence-electron chi connectivity index (χ0n) is 18.1. The van der Waals surface area contributed by atoms with Crippen LogP contribution in [0.15, 0.2) is 33.8 Å². The zero-order valence-corrected chi connectivity index (χ0v) is 18.9. The molecule has 0 fully saturated rings. The molecule has 0 saturated heterocycles. The topological polar surface area (TPSA) is 77.1 Å². The Kier molecular flexibility index (Phi) is 5.74. The molecule has 0 aliphatic heterocycles. The summed E-state index contributed by atoms with van der Waals surface area (Å²) in [6.45, 7) is 13.7. The van der Waals surface area contributed by atoms with Crippen molar-refractivity contribution in [1.82, 2.24) is 14.5 Å². The third kappa shape index (κ3) is 3.89. The number of nitrogens with one attached hydrogen (secondary N) is 1. The number of rotatable bonds is 6. The number of sulfonamides is 1. The molecule has 156 valence electrons. The fraction of sp³-hybridized carbons (Fsp3) is 0.409. The van der Waals surface area contributed by atoms with Gasteiger partial charge >= 0.3 is 0 Å². The second kappa shape index (κ2) is 7.80. The third-order valence-electron chi connectivity index (χ3n) is 5.88. The molecule has 6 nitrogen and oxygen atoms in total. The van der Waals surface area contributed by atoms with Crippen molar-refractivity contribution >= 4 is 10.0 Å². The molecule has 1 unspecified atom stereocenters. The number of nitrogens with zero attached hydrogens (tertiary/aromatic N) is 2. The number of hydrogen-bond donors (Lipinski definition) is 1. The van der Waals surface area contributed by atoms with Crippen LogP contribution in [0.25, 0.3) is 0 Å². The molecule has 0 bridgehead atoms. The van der Waals surface area contributed by atoms with E-state index in [1.165, 1.54) is 0 Å². The van der Waals surface area contributed by atoms with Crippen molar-refractivity contribution in [2.75, 3.05) is 6.54 Å². The molecule has 0 radical (unpaired) electrons. The number of benzene rings is 1. The Morgan fingerprint density at radius 3 is 2.07 bits per heavy atom. The van der Waals surface area contributed by atoms with E-state index in [0.717, 1.165) is 39.2 Å². The summed E-state index contributed by atoms with van der Waals surface area (Å²) in [5, 5.41) is 4.54. The summed E-state index contributed by atoms with van der Waals surface area (Å²) in [5.41, 5.74) is 6.55. The Balaban J connectivity index is 1.99. The van der Waals surface area contributed by atoms with Crippen LogP contribution in [0, 0.1) is 48.5 Å². The van der Waals surface area contributed by atoms with Crippen LogP contribution < -0.4 is 4.72 Å². The molecule has 2 aromatic heterocycles. The molecule has 7 heteroatoms. The van der Waals surface area contributed by atoms with Gasteiger partial charge in [-0.2, -0.15) is 5.10 Å². The number of hydrogen-bond acceptors (Lipinski definition) is 4. The molecule has 0 saturated carbocycles. The Hall–Kier alpha value is -2.38. The van der Waals surface area contributed by atoms with Gasteiger partial charge < -0.3 is 4.42 Å². The first-order valence-electron chi connectivity index (χ1n) is 9.67. The van der Waals surface area contributed by atoms with Crippen LogP contribution in [0.4, 0.5) is 0 Å². The van der Waals surface area contributed by atoms with Crippen molar-refractivity contribution < 1.29 is 12.8 Å². The lowest BCUT2D eigenvalue weighted by molar-refractivity contribution is 0.396. The maximum Gasteiger partial charge on any atom is 0.241 e. The maximum absolute atomic E-state index is 13.3. The lowest BCUT2D eigenvalue weighted by Crippen LogP contribution is -2.33. The van der Waals surface area contributed by atoms with Crippen molar-refractivity contribution in [3.8, 4) is 0 Å². The predicted octanol–water partition coefficient (Wildman–Crippen LogP) is 4.20. The zero-order chi connectivity index (χ0) is 21.5. The molecule has 0 aliphatic carbocycles. The molecule has 0 amide bonds. The summed E-state index contributed by atoms with van der Waals surface area (Å²) in [4.78, 5) is 0.365. The summed E-state index contributed by atoms with van der Waals surface area (Å²) in [7, 11) is -3.72. The second-order valence-electron chi connectivity index (χ2n) is 7.71. The highest BCUT2D eigenvalue weighted by atomic mass is 32.2. The molecule has 3 aromatic rings. The fourth-order valence-electron chi connectivity index (χ4n) is 3.88. The highest BCUT2D eigenvalue weighted by molar-refractivity contribution is 7.89. The van der Waals surface area contributed by atoms with E-state index < -0.39 is 10.0 Å². The quantitative estimate of drug-likeness (QED) is 0.654. The van der Waals surface area contributed by atoms with Gasteiger partial charge in [-0.15, -0.1) is 0 Å². The van der Waals surface area contributed by atoms with Crippen LogP contribution in [-0.4, -0.2) is 24.7 Å². The van der Waals surface area contributed by atoms with Crippen molar-refractivity contribution in [2.45, 2.75) is 59.4 Å². The van der Waals surface area contributed by atoms with Gasteiger partial charge in [0.1, 0.15) is 11.8 Å². The Morgan fingerprint density at radius 2 is 1.59 bits per heavy atom. The largest absolute Gasteiger partial charge is 0.467 e. The van der Waals surface area contributed by atoms with Gasteiger partial charge in [0.15, 0.2) is 0 Å². The lowest BCUT2D eigenvalue weighted by Gasteiger charge is -2.21. The lowest BCUT2D eigenvalue weighted by atomic mass is 9.95. The number of aryl methyl sites for hydroxylation is 2. The Labute approximate surface area is 173 Å². The standard InChI is InChI=1S/C22H29N3O3S/c1-13-11-14(2)25(24-13)20(21-9-8-10-28-21)12-23-29(26,27)22-18(6)16(4)15(3)17(5)19(22)7/h8-11,20,23H,12H2,1-7H3. The molecule has 1 N–H and O–H groups in total. The SMILES string of the molecule is Cc1cc(C)n(C(CNS(=O)(=O)c2c(C)c(C)c(C)c(C)c2C)c2ccco2)n1. The van der Waals surface area contributed by atoms with Crippen LogP contribution >= 0.6 is 0 Å².